The molecule has 2 aromatic carbocycles. The highest BCUT2D eigenvalue weighted by atomic mass is 35.5. The van der Waals surface area contributed by atoms with Crippen LogP contribution < -0.4 is 15.0 Å². The third-order valence-corrected chi connectivity index (χ3v) is 7.34. The monoisotopic (exact) mass is 484 g/mol. The second-order valence-electron chi connectivity index (χ2n) is 8.15. The minimum Gasteiger partial charge on any atom is -0.491 e. The Morgan fingerprint density at radius 3 is 2.94 bits per heavy atom. The number of hydrogen-bond donors (Lipinski definition) is 1. The van der Waals surface area contributed by atoms with Crippen molar-refractivity contribution in [2.75, 3.05) is 50.1 Å². The number of hydrogen-bond acceptors (Lipinski definition) is 7. The highest BCUT2D eigenvalue weighted by Gasteiger charge is 2.25. The highest BCUT2D eigenvalue weighted by Crippen LogP contribution is 2.33. The van der Waals surface area contributed by atoms with Crippen molar-refractivity contribution < 1.29 is 9.53 Å². The van der Waals surface area contributed by atoms with Gasteiger partial charge in [-0.3, -0.25) is 4.90 Å². The van der Waals surface area contributed by atoms with E-state index in [0.29, 0.717) is 29.8 Å². The van der Waals surface area contributed by atoms with Crippen LogP contribution in [0.3, 0.4) is 0 Å². The number of ether oxygens (including phenoxy) is 1. The van der Waals surface area contributed by atoms with Crippen LogP contribution in [-0.2, 0) is 11.2 Å². The van der Waals surface area contributed by atoms with E-state index in [-0.39, 0.29) is 0 Å². The van der Waals surface area contributed by atoms with Crippen LogP contribution in [0.25, 0.3) is 10.4 Å². The first kappa shape index (κ1) is 23.5. The van der Waals surface area contributed by atoms with Crippen molar-refractivity contribution in [1.29, 1.82) is 0 Å². The molecule has 1 aliphatic heterocycles. The maximum Gasteiger partial charge on any atom is 0.185 e. The van der Waals surface area contributed by atoms with Gasteiger partial charge in [0.05, 0.1) is 9.90 Å². The number of nitrogens with one attached hydrogen (secondary N) is 1. The average molecular weight is 485 g/mol. The first-order valence-corrected chi connectivity index (χ1v) is 12.3. The molecule has 1 saturated heterocycles. The van der Waals surface area contributed by atoms with Crippen molar-refractivity contribution in [2.24, 2.45) is 0 Å². The minimum absolute atomic E-state index is 0.367. The Morgan fingerprint density at radius 2 is 2.15 bits per heavy atom. The fourth-order valence-electron chi connectivity index (χ4n) is 4.03. The van der Waals surface area contributed by atoms with E-state index < -0.39 is 0 Å². The smallest absolute Gasteiger partial charge is 0.185 e. The largest absolute Gasteiger partial charge is 0.491 e. The van der Waals surface area contributed by atoms with Crippen LogP contribution in [0.1, 0.15) is 12.5 Å². The number of aldehydes is 1. The highest BCUT2D eigenvalue weighted by molar-refractivity contribution is 7.18. The second kappa shape index (κ2) is 11.0. The number of aromatic nitrogens is 1. The number of halogens is 1. The molecule has 0 amide bonds. The molecule has 0 bridgehead atoms. The summed E-state index contributed by atoms with van der Waals surface area (Å²) in [6, 6.07) is 14.3. The SMILES string of the molecule is CNc1cccc(-c2cnc(N3CCN(CCOc4cc(CC=O)ccc4Cl)[C@@H](C)C3)s2)c1. The van der Waals surface area contributed by atoms with Crippen LogP contribution in [0.4, 0.5) is 10.8 Å². The van der Waals surface area contributed by atoms with Gasteiger partial charge in [-0.1, -0.05) is 41.1 Å². The zero-order valence-electron chi connectivity index (χ0n) is 19.0. The van der Waals surface area contributed by atoms with Crippen molar-refractivity contribution in [2.45, 2.75) is 19.4 Å². The lowest BCUT2D eigenvalue weighted by Gasteiger charge is -2.39. The maximum absolute atomic E-state index is 10.8. The minimum atomic E-state index is 0.367. The summed E-state index contributed by atoms with van der Waals surface area (Å²) in [7, 11) is 1.93. The summed E-state index contributed by atoms with van der Waals surface area (Å²) < 4.78 is 5.94. The summed E-state index contributed by atoms with van der Waals surface area (Å²) in [5.41, 5.74) is 3.20. The molecular formula is C25H29ClN4O2S. The number of carbonyl (C=O) groups excluding carboxylic acids is 1. The fraction of sp³-hybridized carbons (Fsp3) is 0.360. The van der Waals surface area contributed by atoms with Gasteiger partial charge in [0.1, 0.15) is 18.6 Å². The number of nitrogens with zero attached hydrogens (tertiary/aromatic N) is 3. The van der Waals surface area contributed by atoms with E-state index in [4.69, 9.17) is 21.3 Å². The summed E-state index contributed by atoms with van der Waals surface area (Å²) >= 11 is 8.00. The number of carbonyl (C=O) groups is 1. The van der Waals surface area contributed by atoms with Gasteiger partial charge in [-0.25, -0.2) is 4.98 Å². The molecule has 4 rings (SSSR count). The predicted octanol–water partition coefficient (Wildman–Crippen LogP) is 4.84. The van der Waals surface area contributed by atoms with Gasteiger partial charge >= 0.3 is 0 Å². The molecule has 1 aromatic heterocycles. The van der Waals surface area contributed by atoms with Gasteiger partial charge in [-0.15, -0.1) is 0 Å². The Kier molecular flexibility index (Phi) is 7.85. The Labute approximate surface area is 204 Å². The summed E-state index contributed by atoms with van der Waals surface area (Å²) in [5.74, 6) is 0.639. The van der Waals surface area contributed by atoms with E-state index in [1.807, 2.05) is 25.4 Å². The van der Waals surface area contributed by atoms with Crippen molar-refractivity contribution in [3.63, 3.8) is 0 Å². The van der Waals surface area contributed by atoms with E-state index in [1.54, 1.807) is 17.4 Å². The average Bonchev–Trinajstić information content (AvgIpc) is 3.33. The molecule has 3 aromatic rings. The Hall–Kier alpha value is -2.61. The Bertz CT molecular complexity index is 1090. The molecule has 0 aliphatic carbocycles. The molecule has 2 heterocycles. The van der Waals surface area contributed by atoms with Gasteiger partial charge in [0.15, 0.2) is 5.13 Å². The molecule has 33 heavy (non-hydrogen) atoms. The van der Waals surface area contributed by atoms with Gasteiger partial charge in [0.2, 0.25) is 0 Å². The van der Waals surface area contributed by atoms with Crippen LogP contribution in [0.15, 0.2) is 48.7 Å². The summed E-state index contributed by atoms with van der Waals surface area (Å²) in [4.78, 5) is 21.5. The lowest BCUT2D eigenvalue weighted by Crippen LogP contribution is -2.52. The van der Waals surface area contributed by atoms with E-state index in [1.165, 1.54) is 10.4 Å². The molecular weight excluding hydrogens is 456 g/mol. The number of thiazole rings is 1. The molecule has 1 N–H and O–H groups in total. The first-order chi connectivity index (χ1) is 16.1. The zero-order chi connectivity index (χ0) is 23.2. The van der Waals surface area contributed by atoms with Crippen LogP contribution in [0, 0.1) is 0 Å². The molecule has 0 unspecified atom stereocenters. The second-order valence-corrected chi connectivity index (χ2v) is 9.57. The third kappa shape index (κ3) is 5.85. The Morgan fingerprint density at radius 1 is 1.27 bits per heavy atom. The predicted molar refractivity (Wildman–Crippen MR) is 137 cm³/mol. The molecule has 1 aliphatic rings. The third-order valence-electron chi connectivity index (χ3n) is 5.92. The summed E-state index contributed by atoms with van der Waals surface area (Å²) in [6.07, 6.45) is 3.23. The van der Waals surface area contributed by atoms with Crippen molar-refractivity contribution in [1.82, 2.24) is 9.88 Å². The first-order valence-electron chi connectivity index (χ1n) is 11.1. The van der Waals surface area contributed by atoms with Crippen molar-refractivity contribution in [3.8, 4) is 16.2 Å². The van der Waals surface area contributed by atoms with Crippen LogP contribution in [0.2, 0.25) is 5.02 Å². The van der Waals surface area contributed by atoms with Gasteiger partial charge in [0.25, 0.3) is 0 Å². The molecule has 0 saturated carbocycles. The maximum atomic E-state index is 10.8. The van der Waals surface area contributed by atoms with Crippen LogP contribution >= 0.6 is 22.9 Å². The van der Waals surface area contributed by atoms with Crippen molar-refractivity contribution in [3.05, 3.63) is 59.2 Å². The zero-order valence-corrected chi connectivity index (χ0v) is 20.5. The molecule has 0 radical (unpaired) electrons. The number of benzene rings is 2. The van der Waals surface area contributed by atoms with Gasteiger partial charge in [-0.05, 0) is 42.3 Å². The number of rotatable bonds is 9. The van der Waals surface area contributed by atoms with Crippen molar-refractivity contribution >= 4 is 40.0 Å². The molecule has 174 valence electrons. The molecule has 0 spiro atoms. The van der Waals surface area contributed by atoms with E-state index in [0.717, 1.165) is 48.8 Å². The number of piperazine rings is 1. The van der Waals surface area contributed by atoms with E-state index in [2.05, 4.69) is 46.3 Å². The lowest BCUT2D eigenvalue weighted by atomic mass is 10.1. The molecule has 6 nitrogen and oxygen atoms in total. The standard InChI is InChI=1S/C25H29ClN4O2S/c1-18-17-30(25-28-16-24(33-25)20-4-3-5-21(15-20)27-2)10-9-29(18)11-13-32-23-14-19(8-12-31)6-7-22(23)26/h3-7,12,14-16,18,27H,8-11,13,17H2,1-2H3/t18-/m0/s1. The molecule has 8 heteroatoms. The van der Waals surface area contributed by atoms with Gasteiger partial charge in [-0.2, -0.15) is 0 Å². The quantitative estimate of drug-likeness (QED) is 0.439. The van der Waals surface area contributed by atoms with E-state index in [9.17, 15) is 4.79 Å². The molecule has 1 fully saturated rings. The normalized spacial score (nSPS) is 16.6. The lowest BCUT2D eigenvalue weighted by molar-refractivity contribution is -0.107. The van der Waals surface area contributed by atoms with Gasteiger partial charge < -0.3 is 19.7 Å². The Balaban J connectivity index is 1.31. The molecule has 1 atom stereocenters. The van der Waals surface area contributed by atoms with Gasteiger partial charge in [0, 0.05) is 57.6 Å². The van der Waals surface area contributed by atoms with Crippen LogP contribution in [-0.4, -0.2) is 62.0 Å². The summed E-state index contributed by atoms with van der Waals surface area (Å²) in [6.45, 7) is 6.44. The summed E-state index contributed by atoms with van der Waals surface area (Å²) in [5, 5.41) is 4.84. The topological polar surface area (TPSA) is 57.7 Å². The van der Waals surface area contributed by atoms with Crippen LogP contribution in [0.5, 0.6) is 5.75 Å². The number of anilines is 2. The van der Waals surface area contributed by atoms with E-state index >= 15 is 0 Å². The fourth-order valence-corrected chi connectivity index (χ4v) is 5.15.